The molecular formula is C22H22ClN3O4. The zero-order valence-corrected chi connectivity index (χ0v) is 17.5. The molecule has 0 saturated carbocycles. The summed E-state index contributed by atoms with van der Waals surface area (Å²) in [6, 6.07) is 15.5. The fourth-order valence-electron chi connectivity index (χ4n) is 2.94. The van der Waals surface area contributed by atoms with E-state index in [1.807, 2.05) is 6.07 Å². The van der Waals surface area contributed by atoms with Gasteiger partial charge in [-0.1, -0.05) is 17.7 Å². The Labute approximate surface area is 179 Å². The molecule has 0 saturated heterocycles. The van der Waals surface area contributed by atoms with Crippen molar-refractivity contribution in [1.82, 2.24) is 9.78 Å². The number of hydrogen-bond donors (Lipinski definition) is 1. The lowest BCUT2D eigenvalue weighted by molar-refractivity contribution is -0.116. The summed E-state index contributed by atoms with van der Waals surface area (Å²) in [5, 5.41) is 7.76. The molecule has 8 heteroatoms. The summed E-state index contributed by atoms with van der Waals surface area (Å²) < 4.78 is 11.9. The van der Waals surface area contributed by atoms with Gasteiger partial charge in [0.05, 0.1) is 19.9 Å². The number of aryl methyl sites for hydroxylation is 1. The highest BCUT2D eigenvalue weighted by molar-refractivity contribution is 6.30. The van der Waals surface area contributed by atoms with E-state index in [0.29, 0.717) is 40.9 Å². The summed E-state index contributed by atoms with van der Waals surface area (Å²) in [6.07, 6.45) is 0.718. The van der Waals surface area contributed by atoms with Gasteiger partial charge in [-0.15, -0.1) is 0 Å². The Morgan fingerprint density at radius 2 is 1.87 bits per heavy atom. The Balaban J connectivity index is 1.66. The Morgan fingerprint density at radius 3 is 2.60 bits per heavy atom. The van der Waals surface area contributed by atoms with E-state index in [0.717, 1.165) is 5.56 Å². The van der Waals surface area contributed by atoms with Crippen LogP contribution in [0.2, 0.25) is 5.02 Å². The topological polar surface area (TPSA) is 82.5 Å². The van der Waals surface area contributed by atoms with Crippen molar-refractivity contribution in [2.45, 2.75) is 19.4 Å². The smallest absolute Gasteiger partial charge is 0.266 e. The van der Waals surface area contributed by atoms with Crippen molar-refractivity contribution in [1.29, 1.82) is 0 Å². The molecule has 7 nitrogen and oxygen atoms in total. The number of ether oxygens (including phenoxy) is 2. The molecule has 30 heavy (non-hydrogen) atoms. The van der Waals surface area contributed by atoms with Gasteiger partial charge in [0.1, 0.15) is 0 Å². The van der Waals surface area contributed by atoms with Crippen molar-refractivity contribution >= 4 is 23.2 Å². The van der Waals surface area contributed by atoms with Crippen LogP contribution in [0.15, 0.2) is 59.4 Å². The summed E-state index contributed by atoms with van der Waals surface area (Å²) in [6.45, 7) is 0.322. The van der Waals surface area contributed by atoms with E-state index >= 15 is 0 Å². The van der Waals surface area contributed by atoms with E-state index in [1.165, 1.54) is 10.7 Å². The van der Waals surface area contributed by atoms with E-state index in [-0.39, 0.29) is 17.9 Å². The van der Waals surface area contributed by atoms with Crippen molar-refractivity contribution in [2.24, 2.45) is 0 Å². The van der Waals surface area contributed by atoms with Crippen molar-refractivity contribution in [3.05, 3.63) is 70.0 Å². The summed E-state index contributed by atoms with van der Waals surface area (Å²) in [5.41, 5.74) is 1.83. The number of anilines is 1. The van der Waals surface area contributed by atoms with Gasteiger partial charge < -0.3 is 14.8 Å². The summed E-state index contributed by atoms with van der Waals surface area (Å²) in [5.74, 6) is 1.04. The van der Waals surface area contributed by atoms with Gasteiger partial charge in [-0.2, -0.15) is 5.10 Å². The molecule has 0 unspecified atom stereocenters. The van der Waals surface area contributed by atoms with Crippen molar-refractivity contribution in [2.75, 3.05) is 19.5 Å². The average molecular weight is 428 g/mol. The predicted octanol–water partition coefficient (Wildman–Crippen LogP) is 4.00. The number of nitrogens with zero attached hydrogens (tertiary/aromatic N) is 2. The quantitative estimate of drug-likeness (QED) is 0.587. The lowest BCUT2D eigenvalue weighted by Crippen LogP contribution is -2.23. The third kappa shape index (κ3) is 5.39. The number of methoxy groups -OCH3 is 2. The highest BCUT2D eigenvalue weighted by Crippen LogP contribution is 2.31. The van der Waals surface area contributed by atoms with Crippen molar-refractivity contribution < 1.29 is 14.3 Å². The average Bonchev–Trinajstić information content (AvgIpc) is 2.74. The van der Waals surface area contributed by atoms with Crippen LogP contribution in [0.1, 0.15) is 12.8 Å². The number of hydrogen-bond acceptors (Lipinski definition) is 5. The van der Waals surface area contributed by atoms with E-state index in [4.69, 9.17) is 21.1 Å². The standard InChI is InChI=1S/C22H22ClN3O4/c1-29-19-10-8-15(13-20(19)30-2)18-9-11-22(28)26(25-18)12-4-7-21(27)24-17-6-3-5-16(23)14-17/h3,5-6,8-11,13-14H,4,7,12H2,1-2H3,(H,24,27). The molecule has 1 amide bonds. The molecule has 1 aromatic heterocycles. The number of carbonyl (C=O) groups is 1. The SMILES string of the molecule is COc1ccc(-c2ccc(=O)n(CCCC(=O)Nc3cccc(Cl)c3)n2)cc1OC. The van der Waals surface area contributed by atoms with Crippen LogP contribution in [0.5, 0.6) is 11.5 Å². The van der Waals surface area contributed by atoms with Crippen LogP contribution < -0.4 is 20.3 Å². The van der Waals surface area contributed by atoms with Crippen LogP contribution >= 0.6 is 11.6 Å². The first-order chi connectivity index (χ1) is 14.5. The molecular weight excluding hydrogens is 406 g/mol. The van der Waals surface area contributed by atoms with Gasteiger partial charge in [0.2, 0.25) is 5.91 Å². The molecule has 156 valence electrons. The van der Waals surface area contributed by atoms with Crippen LogP contribution in [0, 0.1) is 0 Å². The lowest BCUT2D eigenvalue weighted by atomic mass is 10.1. The van der Waals surface area contributed by atoms with Gasteiger partial charge in [0.25, 0.3) is 5.56 Å². The van der Waals surface area contributed by atoms with E-state index in [1.54, 1.807) is 56.7 Å². The second kappa shape index (κ2) is 9.93. The van der Waals surface area contributed by atoms with Gasteiger partial charge in [0.15, 0.2) is 11.5 Å². The van der Waals surface area contributed by atoms with Crippen LogP contribution in [0.25, 0.3) is 11.3 Å². The molecule has 0 radical (unpaired) electrons. The van der Waals surface area contributed by atoms with E-state index < -0.39 is 0 Å². The molecule has 0 atom stereocenters. The maximum absolute atomic E-state index is 12.2. The minimum atomic E-state index is -0.227. The van der Waals surface area contributed by atoms with Crippen LogP contribution in [-0.4, -0.2) is 29.9 Å². The van der Waals surface area contributed by atoms with Gasteiger partial charge in [-0.05, 0) is 48.9 Å². The van der Waals surface area contributed by atoms with Crippen LogP contribution in [0.3, 0.4) is 0 Å². The molecule has 3 rings (SSSR count). The summed E-state index contributed by atoms with van der Waals surface area (Å²) in [4.78, 5) is 24.3. The third-order valence-corrected chi connectivity index (χ3v) is 4.66. The van der Waals surface area contributed by atoms with Crippen LogP contribution in [-0.2, 0) is 11.3 Å². The fraction of sp³-hybridized carbons (Fsp3) is 0.227. The Kier molecular flexibility index (Phi) is 7.08. The monoisotopic (exact) mass is 427 g/mol. The molecule has 1 heterocycles. The second-order valence-corrected chi connectivity index (χ2v) is 6.95. The first-order valence-corrected chi connectivity index (χ1v) is 9.74. The zero-order valence-electron chi connectivity index (χ0n) is 16.7. The third-order valence-electron chi connectivity index (χ3n) is 4.43. The first-order valence-electron chi connectivity index (χ1n) is 9.36. The number of halogens is 1. The minimum Gasteiger partial charge on any atom is -0.493 e. The number of rotatable bonds is 8. The Bertz CT molecular complexity index is 1100. The molecule has 0 bridgehead atoms. The highest BCUT2D eigenvalue weighted by Gasteiger charge is 2.09. The number of nitrogens with one attached hydrogen (secondary N) is 1. The van der Waals surface area contributed by atoms with Gasteiger partial charge in [-0.3, -0.25) is 9.59 Å². The Hall–Kier alpha value is -3.32. The molecule has 3 aromatic rings. The summed E-state index contributed by atoms with van der Waals surface area (Å²) in [7, 11) is 3.13. The molecule has 0 aliphatic heterocycles. The maximum atomic E-state index is 12.2. The second-order valence-electron chi connectivity index (χ2n) is 6.51. The molecule has 0 fully saturated rings. The first kappa shape index (κ1) is 21.4. The fourth-order valence-corrected chi connectivity index (χ4v) is 3.13. The molecule has 1 N–H and O–H groups in total. The predicted molar refractivity (Wildman–Crippen MR) is 116 cm³/mol. The normalized spacial score (nSPS) is 10.5. The number of aromatic nitrogens is 2. The van der Waals surface area contributed by atoms with E-state index in [2.05, 4.69) is 10.4 Å². The maximum Gasteiger partial charge on any atom is 0.266 e. The lowest BCUT2D eigenvalue weighted by Gasteiger charge is -2.11. The summed E-state index contributed by atoms with van der Waals surface area (Å²) >= 11 is 5.92. The van der Waals surface area contributed by atoms with Crippen molar-refractivity contribution in [3.8, 4) is 22.8 Å². The van der Waals surface area contributed by atoms with Gasteiger partial charge in [-0.25, -0.2) is 4.68 Å². The molecule has 2 aromatic carbocycles. The van der Waals surface area contributed by atoms with Crippen molar-refractivity contribution in [3.63, 3.8) is 0 Å². The molecule has 0 spiro atoms. The number of benzene rings is 2. The van der Waals surface area contributed by atoms with Gasteiger partial charge >= 0.3 is 0 Å². The zero-order chi connectivity index (χ0) is 21.5. The number of carbonyl (C=O) groups excluding carboxylic acids is 1. The van der Waals surface area contributed by atoms with E-state index in [9.17, 15) is 9.59 Å². The Morgan fingerprint density at radius 1 is 1.07 bits per heavy atom. The van der Waals surface area contributed by atoms with Crippen LogP contribution in [0.4, 0.5) is 5.69 Å². The number of amides is 1. The molecule has 0 aliphatic rings. The minimum absolute atomic E-state index is 0.152. The highest BCUT2D eigenvalue weighted by atomic mass is 35.5. The largest absolute Gasteiger partial charge is 0.493 e. The van der Waals surface area contributed by atoms with Gasteiger partial charge in [0, 0.05) is 35.3 Å². The molecule has 0 aliphatic carbocycles.